The fourth-order valence-electron chi connectivity index (χ4n) is 3.14. The molecule has 4 rings (SSSR count). The number of rotatable bonds is 4. The van der Waals surface area contributed by atoms with Crippen LogP contribution < -0.4 is 5.32 Å². The fraction of sp³-hybridized carbons (Fsp3) is 0.190. The second-order valence-corrected chi connectivity index (χ2v) is 6.48. The molecular weight excluding hydrogens is 343 g/mol. The van der Waals surface area contributed by atoms with E-state index in [0.717, 1.165) is 31.6 Å². The molecule has 0 bridgehead atoms. The summed E-state index contributed by atoms with van der Waals surface area (Å²) in [5.41, 5.74) is 2.12. The molecule has 1 aliphatic rings. The van der Waals surface area contributed by atoms with Gasteiger partial charge in [-0.15, -0.1) is 0 Å². The van der Waals surface area contributed by atoms with Crippen LogP contribution in [0.1, 0.15) is 23.2 Å². The molecule has 2 heterocycles. The third kappa shape index (κ3) is 3.95. The first-order chi connectivity index (χ1) is 13.2. The number of hydrogen-bond acceptors (Lipinski definition) is 4. The number of halogens is 1. The lowest BCUT2D eigenvalue weighted by atomic mass is 10.2. The molecule has 6 heteroatoms. The Balaban J connectivity index is 1.49. The molecule has 2 aromatic carbocycles. The SMILES string of the molecule is O=C(c1ccc(Nc2ccnc(-c3cccc(F)c3)n2)cc1)N1CCCC1. The first kappa shape index (κ1) is 17.1. The minimum Gasteiger partial charge on any atom is -0.340 e. The average Bonchev–Trinajstić information content (AvgIpc) is 3.23. The Morgan fingerprint density at radius 2 is 1.81 bits per heavy atom. The molecule has 27 heavy (non-hydrogen) atoms. The molecule has 1 amide bonds. The molecular formula is C21H19FN4O. The van der Waals surface area contributed by atoms with Crippen molar-refractivity contribution < 1.29 is 9.18 Å². The van der Waals surface area contributed by atoms with Gasteiger partial charge in [0.25, 0.3) is 5.91 Å². The Kier molecular flexibility index (Phi) is 4.78. The minimum absolute atomic E-state index is 0.0782. The van der Waals surface area contributed by atoms with Gasteiger partial charge >= 0.3 is 0 Å². The highest BCUT2D eigenvalue weighted by atomic mass is 19.1. The van der Waals surface area contributed by atoms with Gasteiger partial charge in [0.2, 0.25) is 0 Å². The second kappa shape index (κ2) is 7.53. The van der Waals surface area contributed by atoms with Gasteiger partial charge in [-0.2, -0.15) is 0 Å². The number of aromatic nitrogens is 2. The summed E-state index contributed by atoms with van der Waals surface area (Å²) in [5.74, 6) is 0.797. The Hall–Kier alpha value is -3.28. The molecule has 1 saturated heterocycles. The van der Waals surface area contributed by atoms with E-state index in [-0.39, 0.29) is 11.7 Å². The van der Waals surface area contributed by atoms with Gasteiger partial charge in [-0.1, -0.05) is 12.1 Å². The van der Waals surface area contributed by atoms with Crippen LogP contribution in [0, 0.1) is 5.82 Å². The lowest BCUT2D eigenvalue weighted by Crippen LogP contribution is -2.27. The summed E-state index contributed by atoms with van der Waals surface area (Å²) in [5, 5.41) is 3.19. The van der Waals surface area contributed by atoms with E-state index < -0.39 is 0 Å². The average molecular weight is 362 g/mol. The number of anilines is 2. The standard InChI is InChI=1S/C21H19FN4O/c22-17-5-3-4-16(14-17)20-23-11-10-19(25-20)24-18-8-6-15(7-9-18)21(27)26-12-1-2-13-26/h3-11,14H,1-2,12-13H2,(H,23,24,25). The van der Waals surface area contributed by atoms with E-state index in [1.54, 1.807) is 24.4 Å². The highest BCUT2D eigenvalue weighted by molar-refractivity contribution is 5.94. The molecule has 0 saturated carbocycles. The quantitative estimate of drug-likeness (QED) is 0.753. The van der Waals surface area contributed by atoms with Crippen LogP contribution in [0.25, 0.3) is 11.4 Å². The molecule has 1 aromatic heterocycles. The first-order valence-corrected chi connectivity index (χ1v) is 8.94. The van der Waals surface area contributed by atoms with E-state index in [1.165, 1.54) is 12.1 Å². The summed E-state index contributed by atoms with van der Waals surface area (Å²) in [6, 6.07) is 15.3. The van der Waals surface area contributed by atoms with Crippen LogP contribution in [-0.4, -0.2) is 33.9 Å². The molecule has 1 fully saturated rings. The summed E-state index contributed by atoms with van der Waals surface area (Å²) in [7, 11) is 0. The lowest BCUT2D eigenvalue weighted by molar-refractivity contribution is 0.0793. The van der Waals surface area contributed by atoms with Gasteiger partial charge in [0.05, 0.1) is 0 Å². The zero-order valence-electron chi connectivity index (χ0n) is 14.7. The topological polar surface area (TPSA) is 58.1 Å². The Morgan fingerprint density at radius 1 is 1.04 bits per heavy atom. The summed E-state index contributed by atoms with van der Waals surface area (Å²) in [4.78, 5) is 22.9. The first-order valence-electron chi connectivity index (χ1n) is 8.94. The van der Waals surface area contributed by atoms with E-state index in [1.807, 2.05) is 29.2 Å². The predicted molar refractivity (Wildman–Crippen MR) is 102 cm³/mol. The molecule has 0 aliphatic carbocycles. The van der Waals surface area contributed by atoms with Gasteiger partial charge in [-0.05, 0) is 55.3 Å². The third-order valence-corrected chi connectivity index (χ3v) is 4.54. The summed E-state index contributed by atoms with van der Waals surface area (Å²) in [6.45, 7) is 1.67. The van der Waals surface area contributed by atoms with E-state index in [9.17, 15) is 9.18 Å². The van der Waals surface area contributed by atoms with Crippen molar-refractivity contribution in [2.24, 2.45) is 0 Å². The molecule has 0 radical (unpaired) electrons. The van der Waals surface area contributed by atoms with Crippen molar-refractivity contribution in [2.45, 2.75) is 12.8 Å². The number of carbonyl (C=O) groups is 1. The maximum Gasteiger partial charge on any atom is 0.253 e. The molecule has 5 nitrogen and oxygen atoms in total. The van der Waals surface area contributed by atoms with Crippen molar-refractivity contribution in [3.63, 3.8) is 0 Å². The lowest BCUT2D eigenvalue weighted by Gasteiger charge is -2.15. The largest absolute Gasteiger partial charge is 0.340 e. The summed E-state index contributed by atoms with van der Waals surface area (Å²) >= 11 is 0. The van der Waals surface area contributed by atoms with Crippen LogP contribution in [-0.2, 0) is 0 Å². The number of hydrogen-bond donors (Lipinski definition) is 1. The number of amides is 1. The van der Waals surface area contributed by atoms with Crippen LogP contribution >= 0.6 is 0 Å². The van der Waals surface area contributed by atoms with Crippen LogP contribution in [0.4, 0.5) is 15.9 Å². The van der Waals surface area contributed by atoms with Crippen molar-refractivity contribution in [1.29, 1.82) is 0 Å². The molecule has 0 atom stereocenters. The Morgan fingerprint density at radius 3 is 2.56 bits per heavy atom. The van der Waals surface area contributed by atoms with E-state index >= 15 is 0 Å². The highest BCUT2D eigenvalue weighted by Crippen LogP contribution is 2.21. The van der Waals surface area contributed by atoms with Crippen molar-refractivity contribution in [1.82, 2.24) is 14.9 Å². The van der Waals surface area contributed by atoms with Crippen LogP contribution in [0.15, 0.2) is 60.8 Å². The Bertz CT molecular complexity index is 952. The minimum atomic E-state index is -0.326. The number of benzene rings is 2. The van der Waals surface area contributed by atoms with Gasteiger partial charge in [0.1, 0.15) is 11.6 Å². The zero-order chi connectivity index (χ0) is 18.6. The molecule has 0 spiro atoms. The van der Waals surface area contributed by atoms with Crippen molar-refractivity contribution >= 4 is 17.4 Å². The fourth-order valence-corrected chi connectivity index (χ4v) is 3.14. The van der Waals surface area contributed by atoms with Gasteiger partial charge in [-0.25, -0.2) is 14.4 Å². The highest BCUT2D eigenvalue weighted by Gasteiger charge is 2.19. The second-order valence-electron chi connectivity index (χ2n) is 6.48. The predicted octanol–water partition coefficient (Wildman–Crippen LogP) is 4.26. The zero-order valence-corrected chi connectivity index (χ0v) is 14.7. The number of nitrogens with one attached hydrogen (secondary N) is 1. The number of likely N-dealkylation sites (tertiary alicyclic amines) is 1. The van der Waals surface area contributed by atoms with E-state index in [4.69, 9.17) is 0 Å². The maximum atomic E-state index is 13.4. The summed E-state index contributed by atoms with van der Waals surface area (Å²) < 4.78 is 13.4. The van der Waals surface area contributed by atoms with E-state index in [0.29, 0.717) is 22.8 Å². The maximum absolute atomic E-state index is 13.4. The van der Waals surface area contributed by atoms with Crippen molar-refractivity contribution in [3.8, 4) is 11.4 Å². The Labute approximate surface area is 156 Å². The molecule has 1 aliphatic heterocycles. The molecule has 1 N–H and O–H groups in total. The number of nitrogens with zero attached hydrogens (tertiary/aromatic N) is 3. The van der Waals surface area contributed by atoms with Gasteiger partial charge in [0.15, 0.2) is 5.82 Å². The van der Waals surface area contributed by atoms with E-state index in [2.05, 4.69) is 15.3 Å². The third-order valence-electron chi connectivity index (χ3n) is 4.54. The van der Waals surface area contributed by atoms with Crippen molar-refractivity contribution in [2.75, 3.05) is 18.4 Å². The monoisotopic (exact) mass is 362 g/mol. The van der Waals surface area contributed by atoms with Crippen molar-refractivity contribution in [3.05, 3.63) is 72.2 Å². The van der Waals surface area contributed by atoms with Crippen LogP contribution in [0.3, 0.4) is 0 Å². The molecule has 136 valence electrons. The molecule has 3 aromatic rings. The van der Waals surface area contributed by atoms with Gasteiger partial charge in [-0.3, -0.25) is 4.79 Å². The van der Waals surface area contributed by atoms with Crippen LogP contribution in [0.5, 0.6) is 0 Å². The molecule has 0 unspecified atom stereocenters. The van der Waals surface area contributed by atoms with Gasteiger partial charge in [0, 0.05) is 36.1 Å². The number of carbonyl (C=O) groups excluding carboxylic acids is 1. The summed E-state index contributed by atoms with van der Waals surface area (Å²) in [6.07, 6.45) is 3.78. The smallest absolute Gasteiger partial charge is 0.253 e. The normalized spacial score (nSPS) is 13.6. The van der Waals surface area contributed by atoms with Crippen LogP contribution in [0.2, 0.25) is 0 Å². The van der Waals surface area contributed by atoms with Gasteiger partial charge < -0.3 is 10.2 Å².